The van der Waals surface area contributed by atoms with Crippen LogP contribution in [0.2, 0.25) is 0 Å². The molecule has 0 atom stereocenters. The molecule has 16 heavy (non-hydrogen) atoms. The number of carbonyl (C=O) groups is 1. The van der Waals surface area contributed by atoms with Crippen molar-refractivity contribution >= 4 is 17.2 Å². The summed E-state index contributed by atoms with van der Waals surface area (Å²) in [6, 6.07) is 4.01. The van der Waals surface area contributed by atoms with E-state index in [-0.39, 0.29) is 5.91 Å². The average molecular weight is 240 g/mol. The lowest BCUT2D eigenvalue weighted by molar-refractivity contribution is -0.130. The van der Waals surface area contributed by atoms with Crippen LogP contribution in [0, 0.1) is 0 Å². The van der Waals surface area contributed by atoms with Crippen molar-refractivity contribution in [1.82, 2.24) is 10.2 Å². The molecule has 1 saturated heterocycles. The lowest BCUT2D eigenvalue weighted by Gasteiger charge is -2.27. The second-order valence-electron chi connectivity index (χ2n) is 3.39. The number of nitrogens with one attached hydrogen (secondary N) is 1. The minimum Gasteiger partial charge on any atom is -0.340 e. The first-order chi connectivity index (χ1) is 7.86. The zero-order chi connectivity index (χ0) is 11.8. The molecule has 0 saturated carbocycles. The molecule has 1 aliphatic rings. The lowest BCUT2D eigenvalue weighted by atomic mass is 10.3. The summed E-state index contributed by atoms with van der Waals surface area (Å²) in [5.74, 6) is 0.258. The van der Waals surface area contributed by atoms with Crippen LogP contribution in [0.15, 0.2) is 17.5 Å². The highest BCUT2D eigenvalue weighted by molar-refractivity contribution is 7.10. The van der Waals surface area contributed by atoms with Crippen molar-refractivity contribution in [2.24, 2.45) is 0 Å². The van der Waals surface area contributed by atoms with E-state index in [9.17, 15) is 4.79 Å². The summed E-state index contributed by atoms with van der Waals surface area (Å²) in [5, 5.41) is 5.25. The molecule has 0 aliphatic carbocycles. The maximum Gasteiger partial charge on any atom is 0.227 e. The van der Waals surface area contributed by atoms with Crippen LogP contribution in [0.25, 0.3) is 0 Å². The van der Waals surface area contributed by atoms with Crippen LogP contribution in [-0.2, 0) is 11.2 Å². The molecule has 0 unspecified atom stereocenters. The Balaban J connectivity index is 0.000000606. The van der Waals surface area contributed by atoms with Crippen molar-refractivity contribution in [3.8, 4) is 0 Å². The Hall–Kier alpha value is -0.870. The van der Waals surface area contributed by atoms with Gasteiger partial charge in [0.15, 0.2) is 0 Å². The highest BCUT2D eigenvalue weighted by Gasteiger charge is 2.16. The molecule has 0 bridgehead atoms. The molecule has 3 nitrogen and oxygen atoms in total. The molecule has 1 aromatic heterocycles. The molecule has 0 radical (unpaired) electrons. The first kappa shape index (κ1) is 13.2. The summed E-state index contributed by atoms with van der Waals surface area (Å²) < 4.78 is 0. The second-order valence-corrected chi connectivity index (χ2v) is 4.42. The summed E-state index contributed by atoms with van der Waals surface area (Å²) in [4.78, 5) is 14.9. The van der Waals surface area contributed by atoms with E-state index >= 15 is 0 Å². The minimum atomic E-state index is 0.258. The second kappa shape index (κ2) is 7.41. The van der Waals surface area contributed by atoms with Gasteiger partial charge in [-0.05, 0) is 11.4 Å². The molecular formula is C12H20N2OS. The zero-order valence-electron chi connectivity index (χ0n) is 10.0. The van der Waals surface area contributed by atoms with E-state index in [0.717, 1.165) is 31.1 Å². The van der Waals surface area contributed by atoms with Gasteiger partial charge >= 0.3 is 0 Å². The van der Waals surface area contributed by atoms with Gasteiger partial charge in [-0.15, -0.1) is 11.3 Å². The summed E-state index contributed by atoms with van der Waals surface area (Å²) in [6.07, 6.45) is 0.567. The summed E-state index contributed by atoms with van der Waals surface area (Å²) in [5.41, 5.74) is 0. The van der Waals surface area contributed by atoms with Crippen LogP contribution in [0.4, 0.5) is 0 Å². The van der Waals surface area contributed by atoms with Gasteiger partial charge in [-0.3, -0.25) is 4.79 Å². The van der Waals surface area contributed by atoms with E-state index in [2.05, 4.69) is 5.32 Å². The van der Waals surface area contributed by atoms with Crippen LogP contribution in [0.1, 0.15) is 18.7 Å². The van der Waals surface area contributed by atoms with Gasteiger partial charge in [-0.2, -0.15) is 0 Å². The predicted octanol–water partition coefficient (Wildman–Crippen LogP) is 1.75. The summed E-state index contributed by atoms with van der Waals surface area (Å²) in [7, 11) is 0. The average Bonchev–Trinajstić information content (AvgIpc) is 2.86. The number of carbonyl (C=O) groups excluding carboxylic acids is 1. The molecule has 1 amide bonds. The third-order valence-corrected chi connectivity index (χ3v) is 3.25. The van der Waals surface area contributed by atoms with Crippen molar-refractivity contribution in [1.29, 1.82) is 0 Å². The van der Waals surface area contributed by atoms with Gasteiger partial charge in [0.25, 0.3) is 0 Å². The quantitative estimate of drug-likeness (QED) is 0.854. The number of nitrogens with zero attached hydrogens (tertiary/aromatic N) is 1. The Morgan fingerprint density at radius 3 is 2.69 bits per heavy atom. The number of thiophene rings is 1. The van der Waals surface area contributed by atoms with Crippen molar-refractivity contribution in [2.75, 3.05) is 26.2 Å². The molecule has 0 aromatic carbocycles. The molecular weight excluding hydrogens is 220 g/mol. The van der Waals surface area contributed by atoms with Crippen molar-refractivity contribution < 1.29 is 4.79 Å². The predicted molar refractivity (Wildman–Crippen MR) is 68.8 cm³/mol. The Bertz CT molecular complexity index is 292. The topological polar surface area (TPSA) is 32.3 Å². The monoisotopic (exact) mass is 240 g/mol. The Morgan fingerprint density at radius 1 is 1.44 bits per heavy atom. The molecule has 2 rings (SSSR count). The minimum absolute atomic E-state index is 0.258. The van der Waals surface area contributed by atoms with Crippen LogP contribution in [0.3, 0.4) is 0 Å². The number of amides is 1. The van der Waals surface area contributed by atoms with Gasteiger partial charge in [-0.25, -0.2) is 0 Å². The highest BCUT2D eigenvalue weighted by atomic mass is 32.1. The van der Waals surface area contributed by atoms with Gasteiger partial charge in [0, 0.05) is 31.1 Å². The van der Waals surface area contributed by atoms with Crippen molar-refractivity contribution in [3.05, 3.63) is 22.4 Å². The van der Waals surface area contributed by atoms with E-state index in [0.29, 0.717) is 6.42 Å². The van der Waals surface area contributed by atoms with Crippen LogP contribution >= 0.6 is 11.3 Å². The fraction of sp³-hybridized carbons (Fsp3) is 0.583. The number of hydrogen-bond donors (Lipinski definition) is 1. The maximum absolute atomic E-state index is 11.8. The van der Waals surface area contributed by atoms with E-state index < -0.39 is 0 Å². The third-order valence-electron chi connectivity index (χ3n) is 2.38. The fourth-order valence-electron chi connectivity index (χ4n) is 1.59. The first-order valence-electron chi connectivity index (χ1n) is 5.87. The first-order valence-corrected chi connectivity index (χ1v) is 6.75. The summed E-state index contributed by atoms with van der Waals surface area (Å²) in [6.45, 7) is 7.56. The molecule has 0 spiro atoms. The van der Waals surface area contributed by atoms with E-state index in [1.807, 2.05) is 36.3 Å². The van der Waals surface area contributed by atoms with Gasteiger partial charge in [0.1, 0.15) is 0 Å². The molecule has 90 valence electrons. The van der Waals surface area contributed by atoms with E-state index in [1.165, 1.54) is 0 Å². The van der Waals surface area contributed by atoms with Gasteiger partial charge in [-0.1, -0.05) is 19.9 Å². The number of hydrogen-bond acceptors (Lipinski definition) is 3. The van der Waals surface area contributed by atoms with Gasteiger partial charge in [0.2, 0.25) is 5.91 Å². The maximum atomic E-state index is 11.8. The van der Waals surface area contributed by atoms with Crippen molar-refractivity contribution in [2.45, 2.75) is 20.3 Å². The number of piperazine rings is 1. The third kappa shape index (κ3) is 3.94. The molecule has 1 N–H and O–H groups in total. The fourth-order valence-corrected chi connectivity index (χ4v) is 2.28. The lowest BCUT2D eigenvalue weighted by Crippen LogP contribution is -2.46. The Labute approximate surface area is 101 Å². The standard InChI is InChI=1S/C10H14N2OS.C2H6/c13-10(8-9-2-1-7-14-9)12-5-3-11-4-6-12;1-2/h1-2,7,11H,3-6,8H2;1-2H3. The van der Waals surface area contributed by atoms with Crippen LogP contribution in [0.5, 0.6) is 0 Å². The molecule has 2 heterocycles. The van der Waals surface area contributed by atoms with Gasteiger partial charge < -0.3 is 10.2 Å². The van der Waals surface area contributed by atoms with E-state index in [1.54, 1.807) is 11.3 Å². The van der Waals surface area contributed by atoms with Gasteiger partial charge in [0.05, 0.1) is 6.42 Å². The molecule has 1 aliphatic heterocycles. The molecule has 1 fully saturated rings. The summed E-state index contributed by atoms with van der Waals surface area (Å²) >= 11 is 1.65. The normalized spacial score (nSPS) is 15.2. The smallest absolute Gasteiger partial charge is 0.227 e. The SMILES string of the molecule is CC.O=C(Cc1cccs1)N1CCNCC1. The Kier molecular flexibility index (Phi) is 6.11. The zero-order valence-corrected chi connectivity index (χ0v) is 10.8. The molecule has 1 aromatic rings. The molecule has 4 heteroatoms. The van der Waals surface area contributed by atoms with Crippen LogP contribution in [-0.4, -0.2) is 37.0 Å². The highest BCUT2D eigenvalue weighted by Crippen LogP contribution is 2.10. The Morgan fingerprint density at radius 2 is 2.12 bits per heavy atom. The largest absolute Gasteiger partial charge is 0.340 e. The van der Waals surface area contributed by atoms with Crippen molar-refractivity contribution in [3.63, 3.8) is 0 Å². The van der Waals surface area contributed by atoms with E-state index in [4.69, 9.17) is 0 Å². The number of rotatable bonds is 2. The van der Waals surface area contributed by atoms with Crippen LogP contribution < -0.4 is 5.32 Å².